The van der Waals surface area contributed by atoms with E-state index in [9.17, 15) is 98.4 Å². The second-order valence-corrected chi connectivity index (χ2v) is 21.0. The highest BCUT2D eigenvalue weighted by atomic mass is 16.3. The van der Waals surface area contributed by atoms with E-state index in [-0.39, 0.29) is 36.5 Å². The van der Waals surface area contributed by atoms with Gasteiger partial charge in [-0.2, -0.15) is 0 Å². The van der Waals surface area contributed by atoms with Crippen molar-refractivity contribution in [2.75, 3.05) is 33.0 Å². The lowest BCUT2D eigenvalue weighted by atomic mass is 9.96. The Kier molecular flexibility index (Phi) is 28.2. The summed E-state index contributed by atoms with van der Waals surface area (Å²) in [4.78, 5) is 172. The number of carbonyl (C=O) groups excluding carboxylic acids is 12. The molecule has 3 aromatic rings. The van der Waals surface area contributed by atoms with Crippen molar-refractivity contribution in [3.05, 3.63) is 77.9 Å². The molecule has 0 radical (unpaired) electrons. The number of amides is 12. The second-order valence-electron chi connectivity index (χ2n) is 21.0. The van der Waals surface area contributed by atoms with Crippen molar-refractivity contribution in [3.63, 3.8) is 0 Å². The van der Waals surface area contributed by atoms with E-state index in [4.69, 9.17) is 0 Å². The minimum absolute atomic E-state index is 0.168. The summed E-state index contributed by atoms with van der Waals surface area (Å²) in [6.07, 6.45) is -2.02. The van der Waals surface area contributed by atoms with Crippen LogP contribution in [0, 0.1) is 5.92 Å². The van der Waals surface area contributed by atoms with Crippen molar-refractivity contribution in [1.82, 2.24) is 73.8 Å². The van der Waals surface area contributed by atoms with Crippen LogP contribution >= 0.6 is 0 Å². The maximum Gasteiger partial charge on any atom is 0.245 e. The molecule has 0 bridgehead atoms. The lowest BCUT2D eigenvalue weighted by Gasteiger charge is -2.30. The van der Waals surface area contributed by atoms with Crippen LogP contribution in [0.2, 0.25) is 0 Å². The molecule has 14 atom stereocenters. The fraction of sp³-hybridized carbons (Fsp3) is 0.509. The van der Waals surface area contributed by atoms with Crippen LogP contribution in [-0.4, -0.2) is 233 Å². The summed E-state index contributed by atoms with van der Waals surface area (Å²) in [6, 6.07) is -9.04. The number of H-pyrrole nitrogens is 1. The highest BCUT2D eigenvalue weighted by molar-refractivity contribution is 6.00. The third kappa shape index (κ3) is 22.1. The highest BCUT2D eigenvalue weighted by Crippen LogP contribution is 2.16. The first kappa shape index (κ1) is 72.1. The summed E-state index contributed by atoms with van der Waals surface area (Å²) < 4.78 is 0. The van der Waals surface area contributed by atoms with Gasteiger partial charge in [-0.1, -0.05) is 44.5 Å². The molecule has 488 valence electrons. The Bertz CT molecular complexity index is 2930. The van der Waals surface area contributed by atoms with E-state index in [1.807, 2.05) is 0 Å². The largest absolute Gasteiger partial charge is 0.508 e. The predicted molar refractivity (Wildman–Crippen MR) is 307 cm³/mol. The molecule has 1 saturated heterocycles. The van der Waals surface area contributed by atoms with Crippen molar-refractivity contribution in [2.45, 2.75) is 139 Å². The Balaban J connectivity index is 1.77. The van der Waals surface area contributed by atoms with E-state index in [0.717, 1.165) is 20.8 Å². The standard InChI is InChI=1S/C55H78N14O20/c1-6-25(2)42-53(87)65-38(21-71)50(84)61-36(17-31-18-56-24-58-31)48(82)68-44(28(5)75)55(89)66-39(22-72)51(85)64-37(20-70)49(83)59-26(3)45(79)57-19-41(78)60-34(15-29-7-11-32(76)12-8-29)46(80)63-40(23-73)52(86)69-43(27(4)74)54(88)62-35(47(81)67-42)16-30-9-13-33(77)14-10-30/h7-14,18,24-28,34-40,42-44,70-77H,6,15-17,19-23H2,1-5H3,(H,56,58)(H,57,79)(H,59,83)(H,60,78)(H,61,84)(H,62,88)(H,63,80)(H,64,85)(H,65,87)(H,66,89)(H,67,81)(H,68,82)(H,69,86)/t25-,26-,27+,28+,34-,35-,36-,37-,38-,39-,40-,42-,43-,44-/m0/s1. The number of aliphatic hydroxyl groups excluding tert-OH is 6. The van der Waals surface area contributed by atoms with Crippen LogP contribution in [0.1, 0.15) is 57.9 Å². The predicted octanol–water partition coefficient (Wildman–Crippen LogP) is -8.89. The van der Waals surface area contributed by atoms with Crippen LogP contribution in [0.15, 0.2) is 61.1 Å². The molecular formula is C55H78N14O20. The van der Waals surface area contributed by atoms with E-state index in [2.05, 4.69) is 73.8 Å². The summed E-state index contributed by atoms with van der Waals surface area (Å²) in [5.74, 6) is -15.2. The van der Waals surface area contributed by atoms with Crippen molar-refractivity contribution in [3.8, 4) is 11.5 Å². The third-order valence-electron chi connectivity index (χ3n) is 14.0. The monoisotopic (exact) mass is 1250 g/mol. The molecule has 0 unspecified atom stereocenters. The van der Waals surface area contributed by atoms with E-state index >= 15 is 0 Å². The van der Waals surface area contributed by atoms with Gasteiger partial charge in [0.1, 0.15) is 78.0 Å². The number of aromatic nitrogens is 2. The van der Waals surface area contributed by atoms with Gasteiger partial charge in [-0.25, -0.2) is 4.98 Å². The van der Waals surface area contributed by atoms with Gasteiger partial charge in [0.05, 0.1) is 51.5 Å². The molecule has 2 heterocycles. The van der Waals surface area contributed by atoms with Crippen molar-refractivity contribution in [1.29, 1.82) is 0 Å². The number of nitrogens with zero attached hydrogens (tertiary/aromatic N) is 1. The normalized spacial score (nSPS) is 26.3. The smallest absolute Gasteiger partial charge is 0.245 e. The number of aromatic amines is 1. The van der Waals surface area contributed by atoms with Crippen LogP contribution < -0.4 is 63.8 Å². The number of hydrogen-bond acceptors (Lipinski definition) is 21. The Morgan fingerprint density at radius 2 is 0.775 bits per heavy atom. The maximum atomic E-state index is 14.5. The molecule has 1 aliphatic heterocycles. The van der Waals surface area contributed by atoms with E-state index in [0.29, 0.717) is 11.1 Å². The van der Waals surface area contributed by atoms with Crippen molar-refractivity contribution < 1.29 is 98.4 Å². The van der Waals surface area contributed by atoms with E-state index in [1.54, 1.807) is 6.92 Å². The SMILES string of the molecule is CC[C@H](C)[C@@H]1NC(=O)[C@H](Cc2ccc(O)cc2)NC(=O)[C@H]([C@@H](C)O)NC(=O)[C@H](CO)NC(=O)[C@H](Cc2ccc(O)cc2)NC(=O)CNC(=O)[C@H](C)NC(=O)[C@H](CO)NC(=O)[C@H](CO)NC(=O)[C@H]([C@@H](C)O)NC(=O)[C@H](Cc2cnc[nH]2)NC(=O)[C@H](CO)NC1=O. The fourth-order valence-corrected chi connectivity index (χ4v) is 8.58. The molecule has 1 aromatic heterocycles. The second kappa shape index (κ2) is 34.9. The molecule has 0 saturated carbocycles. The molecule has 34 heteroatoms. The average molecular weight is 1260 g/mol. The number of aliphatic hydroxyl groups is 6. The van der Waals surface area contributed by atoms with E-state index < -0.39 is 195 Å². The Morgan fingerprint density at radius 1 is 0.438 bits per heavy atom. The lowest BCUT2D eigenvalue weighted by Crippen LogP contribution is -2.64. The van der Waals surface area contributed by atoms with Crippen LogP contribution in [0.5, 0.6) is 11.5 Å². The molecule has 0 spiro atoms. The summed E-state index contributed by atoms with van der Waals surface area (Å²) in [5.41, 5.74) is 0.859. The first-order valence-electron chi connectivity index (χ1n) is 28.1. The quantitative estimate of drug-likeness (QED) is 0.0713. The van der Waals surface area contributed by atoms with Gasteiger partial charge < -0.3 is 110 Å². The van der Waals surface area contributed by atoms with Crippen LogP contribution in [0.4, 0.5) is 0 Å². The third-order valence-corrected chi connectivity index (χ3v) is 14.0. The van der Waals surface area contributed by atoms with Crippen molar-refractivity contribution in [2.24, 2.45) is 5.92 Å². The number of imidazole rings is 1. The summed E-state index contributed by atoms with van der Waals surface area (Å²) in [7, 11) is 0. The molecule has 21 N–H and O–H groups in total. The van der Waals surface area contributed by atoms with Gasteiger partial charge in [0.2, 0.25) is 70.9 Å². The molecular weight excluding hydrogens is 1180 g/mol. The number of carbonyl (C=O) groups is 12. The van der Waals surface area contributed by atoms with Crippen molar-refractivity contribution >= 4 is 70.9 Å². The first-order chi connectivity index (χ1) is 42.1. The number of nitrogens with one attached hydrogen (secondary N) is 13. The molecule has 4 rings (SSSR count). The van der Waals surface area contributed by atoms with Gasteiger partial charge in [-0.3, -0.25) is 57.5 Å². The number of phenols is 2. The molecule has 89 heavy (non-hydrogen) atoms. The summed E-state index contributed by atoms with van der Waals surface area (Å²) >= 11 is 0. The van der Waals surface area contributed by atoms with Crippen LogP contribution in [0.25, 0.3) is 0 Å². The Labute approximate surface area is 508 Å². The van der Waals surface area contributed by atoms with Gasteiger partial charge in [0.15, 0.2) is 0 Å². The minimum Gasteiger partial charge on any atom is -0.508 e. The molecule has 2 aromatic carbocycles. The average Bonchev–Trinajstić information content (AvgIpc) is 4.14. The van der Waals surface area contributed by atoms with Gasteiger partial charge in [-0.05, 0) is 62.1 Å². The minimum atomic E-state index is -1.96. The number of hydrogen-bond donors (Lipinski definition) is 21. The number of rotatable bonds is 14. The zero-order valence-electron chi connectivity index (χ0n) is 49.1. The number of aromatic hydroxyl groups is 2. The Hall–Kier alpha value is -9.35. The summed E-state index contributed by atoms with van der Waals surface area (Å²) in [5, 5.41) is 110. The zero-order valence-corrected chi connectivity index (χ0v) is 49.1. The van der Waals surface area contributed by atoms with Gasteiger partial charge in [-0.15, -0.1) is 0 Å². The molecule has 0 aliphatic carbocycles. The molecule has 34 nitrogen and oxygen atoms in total. The molecule has 1 aliphatic rings. The lowest BCUT2D eigenvalue weighted by molar-refractivity contribution is -0.138. The van der Waals surface area contributed by atoms with Gasteiger partial charge in [0, 0.05) is 31.2 Å². The maximum absolute atomic E-state index is 14.5. The zero-order chi connectivity index (χ0) is 66.2. The summed E-state index contributed by atoms with van der Waals surface area (Å²) in [6.45, 7) is 0.978. The number of benzene rings is 2. The topological polar surface area (TPSA) is 540 Å². The van der Waals surface area contributed by atoms with Crippen LogP contribution in [0.3, 0.4) is 0 Å². The first-order valence-corrected chi connectivity index (χ1v) is 28.1. The fourth-order valence-electron chi connectivity index (χ4n) is 8.58. The highest BCUT2D eigenvalue weighted by Gasteiger charge is 2.39. The Morgan fingerprint density at radius 3 is 1.18 bits per heavy atom. The van der Waals surface area contributed by atoms with Gasteiger partial charge in [0.25, 0.3) is 0 Å². The molecule has 12 amide bonds. The number of phenolic OH excluding ortho intramolecular Hbond substituents is 2. The van der Waals surface area contributed by atoms with Gasteiger partial charge >= 0.3 is 0 Å². The molecule has 1 fully saturated rings. The van der Waals surface area contributed by atoms with Crippen LogP contribution in [-0.2, 0) is 76.8 Å². The van der Waals surface area contributed by atoms with E-state index in [1.165, 1.54) is 68.0 Å².